The maximum Gasteiger partial charge on any atom is 0.242 e. The van der Waals surface area contributed by atoms with Gasteiger partial charge in [0.15, 0.2) is 0 Å². The van der Waals surface area contributed by atoms with E-state index >= 15 is 0 Å². The molecule has 0 radical (unpaired) electrons. The van der Waals surface area contributed by atoms with Crippen molar-refractivity contribution in [3.05, 3.63) is 60.4 Å². The third kappa shape index (κ3) is 4.66. The van der Waals surface area contributed by atoms with Gasteiger partial charge >= 0.3 is 0 Å². The summed E-state index contributed by atoms with van der Waals surface area (Å²) in [6.45, 7) is 0.0400. The smallest absolute Gasteiger partial charge is 0.242 e. The van der Waals surface area contributed by atoms with Crippen molar-refractivity contribution in [3.8, 4) is 0 Å². The highest BCUT2D eigenvalue weighted by Crippen LogP contribution is 2.04. The molecule has 2 N–H and O–H groups in total. The molecule has 0 bridgehead atoms. The lowest BCUT2D eigenvalue weighted by atomic mass is 10.2. The summed E-state index contributed by atoms with van der Waals surface area (Å²) in [5, 5.41) is 2.64. The minimum Gasteiger partial charge on any atom is -0.351 e. The molecule has 0 aliphatic heterocycles. The van der Waals surface area contributed by atoms with E-state index in [-0.39, 0.29) is 11.4 Å². The summed E-state index contributed by atoms with van der Waals surface area (Å²) in [6, 6.07) is 12.3. The molecule has 1 aromatic carbocycles. The van der Waals surface area contributed by atoms with Gasteiger partial charge in [-0.05, 0) is 17.7 Å². The third-order valence-corrected chi connectivity index (χ3v) is 4.09. The predicted molar refractivity (Wildman–Crippen MR) is 77.7 cm³/mol. The maximum atomic E-state index is 11.9. The number of carbonyl (C=O) groups is 1. The van der Waals surface area contributed by atoms with Crippen LogP contribution in [-0.4, -0.2) is 25.9 Å². The lowest BCUT2D eigenvalue weighted by Gasteiger charge is -2.07. The molecular weight excluding hydrogens is 290 g/mol. The van der Waals surface area contributed by atoms with Crippen molar-refractivity contribution in [3.63, 3.8) is 0 Å². The number of benzene rings is 1. The zero-order valence-corrected chi connectivity index (χ0v) is 12.0. The molecule has 6 nitrogen and oxygen atoms in total. The van der Waals surface area contributed by atoms with Gasteiger partial charge in [0.2, 0.25) is 15.9 Å². The van der Waals surface area contributed by atoms with Gasteiger partial charge in [0.05, 0.1) is 6.54 Å². The van der Waals surface area contributed by atoms with Crippen molar-refractivity contribution >= 4 is 15.9 Å². The lowest BCUT2D eigenvalue weighted by molar-refractivity contribution is -0.120. The van der Waals surface area contributed by atoms with Crippen molar-refractivity contribution < 1.29 is 13.2 Å². The zero-order valence-electron chi connectivity index (χ0n) is 11.2. The lowest BCUT2D eigenvalue weighted by Crippen LogP contribution is -2.36. The minimum atomic E-state index is -3.71. The van der Waals surface area contributed by atoms with Crippen LogP contribution in [0.1, 0.15) is 5.56 Å². The Labute approximate surface area is 123 Å². The number of nitrogens with one attached hydrogen (secondary N) is 2. The van der Waals surface area contributed by atoms with Crippen molar-refractivity contribution in [1.29, 1.82) is 0 Å². The first-order valence-electron chi connectivity index (χ1n) is 6.28. The second-order valence-corrected chi connectivity index (χ2v) is 6.04. The van der Waals surface area contributed by atoms with Crippen LogP contribution in [0.4, 0.5) is 0 Å². The highest BCUT2D eigenvalue weighted by atomic mass is 32.2. The molecule has 1 heterocycles. The highest BCUT2D eigenvalue weighted by Gasteiger charge is 2.15. The summed E-state index contributed by atoms with van der Waals surface area (Å²) in [4.78, 5) is 15.4. The van der Waals surface area contributed by atoms with Crippen LogP contribution in [-0.2, 0) is 21.4 Å². The Kier molecular flexibility index (Phi) is 5.02. The zero-order chi connectivity index (χ0) is 15.1. The Bertz CT molecular complexity index is 688. The average Bonchev–Trinajstić information content (AvgIpc) is 2.53. The summed E-state index contributed by atoms with van der Waals surface area (Å²) in [7, 11) is -3.71. The summed E-state index contributed by atoms with van der Waals surface area (Å²) < 4.78 is 26.0. The molecule has 110 valence electrons. The van der Waals surface area contributed by atoms with E-state index in [1.54, 1.807) is 0 Å². The fourth-order valence-electron chi connectivity index (χ4n) is 1.61. The van der Waals surface area contributed by atoms with E-state index in [0.29, 0.717) is 6.54 Å². The van der Waals surface area contributed by atoms with Crippen LogP contribution < -0.4 is 10.0 Å². The number of amides is 1. The standard InChI is InChI=1S/C14H15N3O3S/c18-14(16-9-12-5-2-1-3-6-12)11-17-21(19,20)13-7-4-8-15-10-13/h1-8,10,17H,9,11H2,(H,16,18). The molecule has 0 unspecified atom stereocenters. The summed E-state index contributed by atoms with van der Waals surface area (Å²) in [5.41, 5.74) is 0.945. The molecule has 0 aliphatic rings. The van der Waals surface area contributed by atoms with E-state index < -0.39 is 15.9 Å². The fourth-order valence-corrected chi connectivity index (χ4v) is 2.55. The van der Waals surface area contributed by atoms with E-state index in [2.05, 4.69) is 15.0 Å². The molecule has 0 fully saturated rings. The van der Waals surface area contributed by atoms with E-state index in [4.69, 9.17) is 0 Å². The van der Waals surface area contributed by atoms with Crippen molar-refractivity contribution in [2.45, 2.75) is 11.4 Å². The number of aromatic nitrogens is 1. The summed E-state index contributed by atoms with van der Waals surface area (Å²) >= 11 is 0. The van der Waals surface area contributed by atoms with E-state index in [0.717, 1.165) is 5.56 Å². The predicted octanol–water partition coefficient (Wildman–Crippen LogP) is 0.676. The number of nitrogens with zero attached hydrogens (tertiary/aromatic N) is 1. The van der Waals surface area contributed by atoms with Crippen LogP contribution in [0.3, 0.4) is 0 Å². The molecule has 1 aromatic heterocycles. The first-order valence-corrected chi connectivity index (χ1v) is 7.76. The summed E-state index contributed by atoms with van der Waals surface area (Å²) in [5.74, 6) is -0.397. The second kappa shape index (κ2) is 6.96. The van der Waals surface area contributed by atoms with Crippen LogP contribution in [0, 0.1) is 0 Å². The Morgan fingerprint density at radius 1 is 1.10 bits per heavy atom. The van der Waals surface area contributed by atoms with E-state index in [1.807, 2.05) is 30.3 Å². The normalized spacial score (nSPS) is 11.0. The van der Waals surface area contributed by atoms with Crippen molar-refractivity contribution in [1.82, 2.24) is 15.0 Å². The van der Waals surface area contributed by atoms with Gasteiger partial charge in [0.25, 0.3) is 0 Å². The fraction of sp³-hybridized carbons (Fsp3) is 0.143. The number of hydrogen-bond donors (Lipinski definition) is 2. The topological polar surface area (TPSA) is 88.2 Å². The van der Waals surface area contributed by atoms with Crippen LogP contribution >= 0.6 is 0 Å². The third-order valence-electron chi connectivity index (χ3n) is 2.70. The first-order chi connectivity index (χ1) is 10.1. The van der Waals surface area contributed by atoms with Gasteiger partial charge in [-0.3, -0.25) is 9.78 Å². The summed E-state index contributed by atoms with van der Waals surface area (Å²) in [6.07, 6.45) is 2.70. The van der Waals surface area contributed by atoms with Crippen LogP contribution in [0.15, 0.2) is 59.8 Å². The van der Waals surface area contributed by atoms with Gasteiger partial charge in [0, 0.05) is 18.9 Å². The maximum absolute atomic E-state index is 11.9. The van der Waals surface area contributed by atoms with E-state index in [9.17, 15) is 13.2 Å². The monoisotopic (exact) mass is 305 g/mol. The SMILES string of the molecule is O=C(CNS(=O)(=O)c1cccnc1)NCc1ccccc1. The van der Waals surface area contributed by atoms with Gasteiger partial charge in [-0.15, -0.1) is 0 Å². The molecule has 7 heteroatoms. The Hall–Kier alpha value is -2.25. The van der Waals surface area contributed by atoms with Gasteiger partial charge in [0.1, 0.15) is 4.90 Å². The largest absolute Gasteiger partial charge is 0.351 e. The van der Waals surface area contributed by atoms with Gasteiger partial charge in [-0.2, -0.15) is 0 Å². The molecule has 0 aliphatic carbocycles. The molecule has 1 amide bonds. The minimum absolute atomic E-state index is 0.0286. The highest BCUT2D eigenvalue weighted by molar-refractivity contribution is 7.89. The van der Waals surface area contributed by atoms with Gasteiger partial charge in [-0.1, -0.05) is 30.3 Å². The van der Waals surface area contributed by atoms with Crippen molar-refractivity contribution in [2.75, 3.05) is 6.54 Å². The molecule has 21 heavy (non-hydrogen) atoms. The number of carbonyl (C=O) groups excluding carboxylic acids is 1. The number of sulfonamides is 1. The number of rotatable bonds is 6. The first kappa shape index (κ1) is 15.1. The molecule has 2 rings (SSSR count). The Morgan fingerprint density at radius 3 is 2.52 bits per heavy atom. The Morgan fingerprint density at radius 2 is 1.86 bits per heavy atom. The quantitative estimate of drug-likeness (QED) is 0.821. The molecule has 2 aromatic rings. The molecule has 0 atom stereocenters. The molecular formula is C14H15N3O3S. The molecule has 0 saturated heterocycles. The average molecular weight is 305 g/mol. The van der Waals surface area contributed by atoms with E-state index in [1.165, 1.54) is 24.5 Å². The van der Waals surface area contributed by atoms with Gasteiger partial charge in [-0.25, -0.2) is 13.1 Å². The van der Waals surface area contributed by atoms with Crippen LogP contribution in [0.2, 0.25) is 0 Å². The molecule has 0 spiro atoms. The number of hydrogen-bond acceptors (Lipinski definition) is 4. The Balaban J connectivity index is 1.84. The number of pyridine rings is 1. The van der Waals surface area contributed by atoms with Gasteiger partial charge < -0.3 is 5.32 Å². The van der Waals surface area contributed by atoms with Crippen LogP contribution in [0.5, 0.6) is 0 Å². The van der Waals surface area contributed by atoms with Crippen molar-refractivity contribution in [2.24, 2.45) is 0 Å². The second-order valence-electron chi connectivity index (χ2n) is 4.28. The van der Waals surface area contributed by atoms with Crippen LogP contribution in [0.25, 0.3) is 0 Å². The molecule has 0 saturated carbocycles.